The van der Waals surface area contributed by atoms with Gasteiger partial charge in [0.05, 0.1) is 7.11 Å². The van der Waals surface area contributed by atoms with Gasteiger partial charge in [0.25, 0.3) is 0 Å². The highest BCUT2D eigenvalue weighted by atomic mass is 35.5. The van der Waals surface area contributed by atoms with E-state index in [1.54, 1.807) is 7.11 Å². The Morgan fingerprint density at radius 3 is 2.58 bits per heavy atom. The lowest BCUT2D eigenvalue weighted by atomic mass is 10.3. The summed E-state index contributed by atoms with van der Waals surface area (Å²) < 4.78 is 7.08. The van der Waals surface area contributed by atoms with E-state index in [-0.39, 0.29) is 0 Å². The highest BCUT2D eigenvalue weighted by Crippen LogP contribution is 2.24. The van der Waals surface area contributed by atoms with Gasteiger partial charge in [-0.05, 0) is 31.2 Å². The maximum absolute atomic E-state index is 6.03. The van der Waals surface area contributed by atoms with Gasteiger partial charge in [-0.25, -0.2) is 15.0 Å². The van der Waals surface area contributed by atoms with Crippen LogP contribution >= 0.6 is 11.6 Å². The van der Waals surface area contributed by atoms with Crippen molar-refractivity contribution in [3.8, 4) is 11.4 Å². The van der Waals surface area contributed by atoms with Gasteiger partial charge in [0.1, 0.15) is 23.4 Å². The van der Waals surface area contributed by atoms with E-state index in [0.717, 1.165) is 17.3 Å². The van der Waals surface area contributed by atoms with Crippen molar-refractivity contribution in [2.45, 2.75) is 6.92 Å². The fourth-order valence-electron chi connectivity index (χ4n) is 2.01. The van der Waals surface area contributed by atoms with Gasteiger partial charge in [-0.1, -0.05) is 11.6 Å². The van der Waals surface area contributed by atoms with Crippen molar-refractivity contribution < 1.29 is 4.74 Å². The topological polar surface area (TPSA) is 52.8 Å². The Labute approximate surface area is 114 Å². The van der Waals surface area contributed by atoms with Crippen molar-refractivity contribution in [1.82, 2.24) is 19.5 Å². The molecule has 0 aliphatic heterocycles. The van der Waals surface area contributed by atoms with Crippen molar-refractivity contribution in [2.75, 3.05) is 7.11 Å². The second-order valence-electron chi connectivity index (χ2n) is 4.03. The molecule has 0 fully saturated rings. The lowest BCUT2D eigenvalue weighted by Crippen LogP contribution is -1.98. The van der Waals surface area contributed by atoms with Crippen LogP contribution in [0, 0.1) is 6.92 Å². The van der Waals surface area contributed by atoms with Crippen LogP contribution in [0.25, 0.3) is 16.9 Å². The van der Waals surface area contributed by atoms with Crippen LogP contribution < -0.4 is 4.74 Å². The van der Waals surface area contributed by atoms with E-state index < -0.39 is 0 Å². The molecular formula is C13H11ClN4O. The number of methoxy groups -OCH3 is 1. The first-order chi connectivity index (χ1) is 9.20. The van der Waals surface area contributed by atoms with Crippen molar-refractivity contribution in [3.05, 3.63) is 41.6 Å². The summed E-state index contributed by atoms with van der Waals surface area (Å²) in [5.74, 6) is 1.61. The predicted octanol–water partition coefficient (Wildman–Crippen LogP) is 2.79. The van der Waals surface area contributed by atoms with E-state index in [9.17, 15) is 0 Å². The van der Waals surface area contributed by atoms with Crippen molar-refractivity contribution >= 4 is 22.8 Å². The number of benzene rings is 1. The Morgan fingerprint density at radius 1 is 1.16 bits per heavy atom. The highest BCUT2D eigenvalue weighted by Gasteiger charge is 2.13. The molecule has 3 aromatic rings. The van der Waals surface area contributed by atoms with Crippen LogP contribution in [0.5, 0.6) is 5.75 Å². The quantitative estimate of drug-likeness (QED) is 0.674. The number of fused-ring (bicyclic) bond motifs is 1. The molecule has 96 valence electrons. The Hall–Kier alpha value is -2.14. The van der Waals surface area contributed by atoms with Gasteiger partial charge in [-0.3, -0.25) is 4.57 Å². The number of ether oxygens (including phenoxy) is 1. The molecule has 0 unspecified atom stereocenters. The summed E-state index contributed by atoms with van der Waals surface area (Å²) in [4.78, 5) is 12.6. The van der Waals surface area contributed by atoms with Crippen LogP contribution in [-0.4, -0.2) is 26.6 Å². The first-order valence-electron chi connectivity index (χ1n) is 5.70. The SMILES string of the molecule is COc1ccc(-n2c(C)nc3c(Cl)ncnc32)cc1. The summed E-state index contributed by atoms with van der Waals surface area (Å²) in [6, 6.07) is 7.68. The predicted molar refractivity (Wildman–Crippen MR) is 73.0 cm³/mol. The molecule has 6 heteroatoms. The number of hydrogen-bond acceptors (Lipinski definition) is 4. The molecule has 0 radical (unpaired) electrons. The van der Waals surface area contributed by atoms with Crippen LogP contribution in [0.2, 0.25) is 5.15 Å². The van der Waals surface area contributed by atoms with Gasteiger partial charge in [-0.2, -0.15) is 0 Å². The Morgan fingerprint density at radius 2 is 1.89 bits per heavy atom. The number of rotatable bonds is 2. The van der Waals surface area contributed by atoms with E-state index in [2.05, 4.69) is 15.0 Å². The number of aryl methyl sites for hydroxylation is 1. The molecule has 0 N–H and O–H groups in total. The van der Waals surface area contributed by atoms with E-state index in [4.69, 9.17) is 16.3 Å². The van der Waals surface area contributed by atoms with E-state index >= 15 is 0 Å². The first kappa shape index (κ1) is 11.9. The van der Waals surface area contributed by atoms with Crippen LogP contribution in [-0.2, 0) is 0 Å². The van der Waals surface area contributed by atoms with Gasteiger partial charge >= 0.3 is 0 Å². The zero-order valence-electron chi connectivity index (χ0n) is 10.5. The molecule has 2 aromatic heterocycles. The smallest absolute Gasteiger partial charge is 0.169 e. The Balaban J connectivity index is 2.23. The number of aromatic nitrogens is 4. The molecule has 2 heterocycles. The third-order valence-electron chi connectivity index (χ3n) is 2.90. The summed E-state index contributed by atoms with van der Waals surface area (Å²) in [6.07, 6.45) is 1.44. The minimum atomic E-state index is 0.361. The molecule has 19 heavy (non-hydrogen) atoms. The third kappa shape index (κ3) is 1.92. The maximum Gasteiger partial charge on any atom is 0.169 e. The molecule has 0 aliphatic carbocycles. The standard InChI is InChI=1S/C13H11ClN4O/c1-8-17-11-12(14)15-7-16-13(11)18(8)9-3-5-10(19-2)6-4-9/h3-7H,1-2H3. The van der Waals surface area contributed by atoms with Gasteiger partial charge in [-0.15, -0.1) is 0 Å². The largest absolute Gasteiger partial charge is 0.497 e. The van der Waals surface area contributed by atoms with E-state index in [1.165, 1.54) is 6.33 Å². The Kier molecular flexibility index (Phi) is 2.83. The molecule has 3 rings (SSSR count). The third-order valence-corrected chi connectivity index (χ3v) is 3.17. The van der Waals surface area contributed by atoms with Crippen molar-refractivity contribution in [2.24, 2.45) is 0 Å². The van der Waals surface area contributed by atoms with E-state index in [1.807, 2.05) is 35.8 Å². The summed E-state index contributed by atoms with van der Waals surface area (Å²) in [6.45, 7) is 1.91. The zero-order valence-corrected chi connectivity index (χ0v) is 11.2. The number of halogens is 1. The number of imidazole rings is 1. The van der Waals surface area contributed by atoms with Crippen LogP contribution in [0.3, 0.4) is 0 Å². The van der Waals surface area contributed by atoms with Gasteiger partial charge in [0.2, 0.25) is 0 Å². The summed E-state index contributed by atoms with van der Waals surface area (Å²) in [7, 11) is 1.64. The molecule has 0 saturated heterocycles. The zero-order chi connectivity index (χ0) is 13.4. The molecule has 0 atom stereocenters. The average Bonchev–Trinajstić information content (AvgIpc) is 2.77. The van der Waals surface area contributed by atoms with Crippen molar-refractivity contribution in [3.63, 3.8) is 0 Å². The fraction of sp³-hybridized carbons (Fsp3) is 0.154. The summed E-state index contributed by atoms with van der Waals surface area (Å²) in [5, 5.41) is 0.361. The molecule has 0 saturated carbocycles. The van der Waals surface area contributed by atoms with Crippen LogP contribution in [0.4, 0.5) is 0 Å². The molecule has 0 aliphatic rings. The fourth-order valence-corrected chi connectivity index (χ4v) is 2.18. The van der Waals surface area contributed by atoms with Gasteiger partial charge < -0.3 is 4.74 Å². The lowest BCUT2D eigenvalue weighted by Gasteiger charge is -2.07. The van der Waals surface area contributed by atoms with Gasteiger partial charge in [0, 0.05) is 5.69 Å². The molecule has 0 bridgehead atoms. The summed E-state index contributed by atoms with van der Waals surface area (Å²) >= 11 is 6.03. The minimum absolute atomic E-state index is 0.361. The highest BCUT2D eigenvalue weighted by molar-refractivity contribution is 6.33. The van der Waals surface area contributed by atoms with Crippen molar-refractivity contribution in [1.29, 1.82) is 0 Å². The van der Waals surface area contributed by atoms with E-state index in [0.29, 0.717) is 16.3 Å². The minimum Gasteiger partial charge on any atom is -0.497 e. The molecule has 1 aromatic carbocycles. The number of hydrogen-bond donors (Lipinski definition) is 0. The second-order valence-corrected chi connectivity index (χ2v) is 4.39. The summed E-state index contributed by atoms with van der Waals surface area (Å²) in [5.41, 5.74) is 2.26. The molecule has 0 amide bonds. The normalized spacial score (nSPS) is 10.9. The molecular weight excluding hydrogens is 264 g/mol. The molecule has 0 spiro atoms. The maximum atomic E-state index is 6.03. The molecule has 5 nitrogen and oxygen atoms in total. The lowest BCUT2D eigenvalue weighted by molar-refractivity contribution is 0.414. The number of nitrogens with zero attached hydrogens (tertiary/aromatic N) is 4. The second kappa shape index (κ2) is 4.51. The van der Waals surface area contributed by atoms with Gasteiger partial charge in [0.15, 0.2) is 10.8 Å². The van der Waals surface area contributed by atoms with Crippen LogP contribution in [0.15, 0.2) is 30.6 Å². The first-order valence-corrected chi connectivity index (χ1v) is 6.08. The monoisotopic (exact) mass is 274 g/mol. The average molecular weight is 275 g/mol. The van der Waals surface area contributed by atoms with Crippen LogP contribution in [0.1, 0.15) is 5.82 Å². The Bertz CT molecular complexity index is 736.